The molecule has 0 atom stereocenters. The molecule has 0 aliphatic carbocycles. The molecule has 0 N–H and O–H groups in total. The number of aromatic nitrogens is 4. The van der Waals surface area contributed by atoms with Gasteiger partial charge in [-0.05, 0) is 30.2 Å². The molecule has 26 heavy (non-hydrogen) atoms. The second kappa shape index (κ2) is 6.80. The summed E-state index contributed by atoms with van der Waals surface area (Å²) in [6.07, 6.45) is 9.10. The zero-order valence-corrected chi connectivity index (χ0v) is 14.4. The first-order chi connectivity index (χ1) is 12.7. The average Bonchev–Trinajstić information content (AvgIpc) is 3.06. The van der Waals surface area contributed by atoms with Gasteiger partial charge in [-0.15, -0.1) is 0 Å². The molecule has 0 aliphatic rings. The van der Waals surface area contributed by atoms with Crippen molar-refractivity contribution in [1.82, 2.24) is 19.2 Å². The molecule has 4 rings (SSSR count). The van der Waals surface area contributed by atoms with Crippen molar-refractivity contribution in [3.8, 4) is 0 Å². The van der Waals surface area contributed by atoms with E-state index in [0.717, 1.165) is 11.1 Å². The van der Waals surface area contributed by atoms with Gasteiger partial charge in [-0.3, -0.25) is 14.5 Å². The summed E-state index contributed by atoms with van der Waals surface area (Å²) in [5.41, 5.74) is 4.49. The van der Waals surface area contributed by atoms with Crippen molar-refractivity contribution < 1.29 is 0 Å². The molecule has 0 unspecified atom stereocenters. The van der Waals surface area contributed by atoms with Gasteiger partial charge in [0.1, 0.15) is 0 Å². The number of hydrogen-bond donors (Lipinski definition) is 0. The predicted molar refractivity (Wildman–Crippen MR) is 103 cm³/mol. The summed E-state index contributed by atoms with van der Waals surface area (Å²) >= 11 is 0. The van der Waals surface area contributed by atoms with Gasteiger partial charge in [0.05, 0.1) is 12.2 Å². The molecule has 0 spiro atoms. The lowest BCUT2D eigenvalue weighted by atomic mass is 10.1. The Bertz CT molecular complexity index is 1120. The van der Waals surface area contributed by atoms with Crippen LogP contribution in [-0.2, 0) is 6.54 Å². The molecule has 0 saturated carbocycles. The third kappa shape index (κ3) is 3.32. The monoisotopic (exact) mass is 342 g/mol. The summed E-state index contributed by atoms with van der Waals surface area (Å²) in [6, 6.07) is 15.5. The minimum absolute atomic E-state index is 0.0991. The molecule has 0 bridgehead atoms. The van der Waals surface area contributed by atoms with Crippen molar-refractivity contribution in [3.05, 3.63) is 99.9 Å². The van der Waals surface area contributed by atoms with E-state index >= 15 is 0 Å². The van der Waals surface area contributed by atoms with Crippen LogP contribution in [-0.4, -0.2) is 19.2 Å². The van der Waals surface area contributed by atoms with Gasteiger partial charge >= 0.3 is 0 Å². The van der Waals surface area contributed by atoms with Gasteiger partial charge in [0.25, 0.3) is 5.56 Å². The van der Waals surface area contributed by atoms with Gasteiger partial charge in [-0.1, -0.05) is 42.0 Å². The van der Waals surface area contributed by atoms with E-state index in [2.05, 4.69) is 41.2 Å². The van der Waals surface area contributed by atoms with Crippen molar-refractivity contribution in [3.63, 3.8) is 0 Å². The third-order valence-corrected chi connectivity index (χ3v) is 4.19. The molecule has 5 nitrogen and oxygen atoms in total. The maximum atomic E-state index is 12.6. The van der Waals surface area contributed by atoms with Crippen LogP contribution in [0.2, 0.25) is 0 Å². The first-order valence-corrected chi connectivity index (χ1v) is 8.42. The summed E-state index contributed by atoms with van der Waals surface area (Å²) in [5, 5.41) is 0. The van der Waals surface area contributed by atoms with Gasteiger partial charge in [-0.2, -0.15) is 4.52 Å². The molecule has 3 heterocycles. The standard InChI is InChI=1S/C21H18N4O/c1-16-4-6-18(7-5-16)15-24-12-10-20-23-19(13-21(26)25(20)24)9-8-17-3-2-11-22-14-17/h2-14H,15H2,1H3. The van der Waals surface area contributed by atoms with Crippen molar-refractivity contribution in [1.29, 1.82) is 0 Å². The van der Waals surface area contributed by atoms with Gasteiger partial charge in [0.2, 0.25) is 0 Å². The smallest absolute Gasteiger partial charge is 0.273 e. The van der Waals surface area contributed by atoms with E-state index in [1.165, 1.54) is 5.56 Å². The van der Waals surface area contributed by atoms with Crippen LogP contribution in [0.1, 0.15) is 22.4 Å². The number of rotatable bonds is 4. The molecular weight excluding hydrogens is 324 g/mol. The van der Waals surface area contributed by atoms with E-state index in [0.29, 0.717) is 17.9 Å². The highest BCUT2D eigenvalue weighted by Gasteiger charge is 2.06. The minimum Gasteiger partial charge on any atom is -0.279 e. The molecular formula is C21H18N4O. The number of benzene rings is 1. The summed E-state index contributed by atoms with van der Waals surface area (Å²) < 4.78 is 3.48. The second-order valence-electron chi connectivity index (χ2n) is 6.21. The van der Waals surface area contributed by atoms with Crippen LogP contribution in [0.5, 0.6) is 0 Å². The lowest BCUT2D eigenvalue weighted by molar-refractivity contribution is 0.620. The summed E-state index contributed by atoms with van der Waals surface area (Å²) in [4.78, 5) is 21.2. The van der Waals surface area contributed by atoms with Crippen LogP contribution in [0.25, 0.3) is 17.8 Å². The normalized spacial score (nSPS) is 11.4. The van der Waals surface area contributed by atoms with Gasteiger partial charge in [0, 0.05) is 30.7 Å². The number of nitrogens with zero attached hydrogens (tertiary/aromatic N) is 4. The van der Waals surface area contributed by atoms with Crippen molar-refractivity contribution in [2.75, 3.05) is 0 Å². The molecule has 0 saturated heterocycles. The van der Waals surface area contributed by atoms with Gasteiger partial charge in [0.15, 0.2) is 5.65 Å². The zero-order valence-electron chi connectivity index (χ0n) is 14.4. The summed E-state index contributed by atoms with van der Waals surface area (Å²) in [5.74, 6) is 0. The fourth-order valence-corrected chi connectivity index (χ4v) is 2.84. The lowest BCUT2D eigenvalue weighted by Crippen LogP contribution is -2.21. The molecule has 4 aromatic rings. The number of fused-ring (bicyclic) bond motifs is 1. The molecule has 0 radical (unpaired) electrons. The van der Waals surface area contributed by atoms with Crippen molar-refractivity contribution >= 4 is 17.8 Å². The Morgan fingerprint density at radius 2 is 1.92 bits per heavy atom. The average molecular weight is 342 g/mol. The highest BCUT2D eigenvalue weighted by Crippen LogP contribution is 2.09. The lowest BCUT2D eigenvalue weighted by Gasteiger charge is -2.07. The molecule has 1 aromatic carbocycles. The topological polar surface area (TPSA) is 52.2 Å². The van der Waals surface area contributed by atoms with E-state index in [1.807, 2.05) is 41.2 Å². The number of hydrogen-bond acceptors (Lipinski definition) is 3. The highest BCUT2D eigenvalue weighted by atomic mass is 16.1. The molecule has 128 valence electrons. The molecule has 0 fully saturated rings. The molecule has 5 heteroatoms. The van der Waals surface area contributed by atoms with Crippen LogP contribution in [0.3, 0.4) is 0 Å². The first kappa shape index (κ1) is 16.0. The van der Waals surface area contributed by atoms with E-state index < -0.39 is 0 Å². The number of pyridine rings is 1. The SMILES string of the molecule is Cc1ccc(Cn2ccc3nc(C=Cc4cccnc4)cc(=O)n32)cc1. The van der Waals surface area contributed by atoms with Crippen LogP contribution >= 0.6 is 0 Å². The van der Waals surface area contributed by atoms with Crippen molar-refractivity contribution in [2.45, 2.75) is 13.5 Å². The van der Waals surface area contributed by atoms with Crippen LogP contribution in [0.4, 0.5) is 0 Å². The molecule has 3 aromatic heterocycles. The Kier molecular flexibility index (Phi) is 4.19. The first-order valence-electron chi connectivity index (χ1n) is 8.42. The maximum Gasteiger partial charge on any atom is 0.273 e. The van der Waals surface area contributed by atoms with E-state index in [4.69, 9.17) is 0 Å². The predicted octanol–water partition coefficient (Wildman–Crippen LogP) is 3.42. The highest BCUT2D eigenvalue weighted by molar-refractivity contribution is 5.68. The Morgan fingerprint density at radius 3 is 2.69 bits per heavy atom. The maximum absolute atomic E-state index is 12.6. The van der Waals surface area contributed by atoms with Crippen LogP contribution in [0.15, 0.2) is 71.9 Å². The number of aryl methyl sites for hydroxylation is 1. The fourth-order valence-electron chi connectivity index (χ4n) is 2.84. The molecule has 0 amide bonds. The second-order valence-corrected chi connectivity index (χ2v) is 6.21. The van der Waals surface area contributed by atoms with E-state index in [9.17, 15) is 4.79 Å². The van der Waals surface area contributed by atoms with Crippen molar-refractivity contribution in [2.24, 2.45) is 0 Å². The minimum atomic E-state index is -0.0991. The van der Waals surface area contributed by atoms with E-state index in [1.54, 1.807) is 23.0 Å². The fraction of sp³-hybridized carbons (Fsp3) is 0.0952. The van der Waals surface area contributed by atoms with Gasteiger partial charge < -0.3 is 0 Å². The van der Waals surface area contributed by atoms with E-state index in [-0.39, 0.29) is 5.56 Å². The zero-order chi connectivity index (χ0) is 17.9. The largest absolute Gasteiger partial charge is 0.279 e. The summed E-state index contributed by atoms with van der Waals surface area (Å²) in [7, 11) is 0. The third-order valence-electron chi connectivity index (χ3n) is 4.19. The quantitative estimate of drug-likeness (QED) is 0.571. The Balaban J connectivity index is 1.66. The molecule has 0 aliphatic heterocycles. The summed E-state index contributed by atoms with van der Waals surface area (Å²) in [6.45, 7) is 2.68. The Hall–Kier alpha value is -3.47. The van der Waals surface area contributed by atoms with Gasteiger partial charge in [-0.25, -0.2) is 4.98 Å². The van der Waals surface area contributed by atoms with Crippen LogP contribution < -0.4 is 5.56 Å². The van der Waals surface area contributed by atoms with Crippen LogP contribution in [0, 0.1) is 6.92 Å². The Morgan fingerprint density at radius 1 is 1.08 bits per heavy atom. The Labute approximate surface area is 150 Å².